The standard InChI is InChI=1S/C8H5BrN6S/c9-3-2-16-7-5(3)12-8(10)13-6(7)4-1-11-15-14-4/h1-2H,(H2,10,12,13)(H,11,14,15). The summed E-state index contributed by atoms with van der Waals surface area (Å²) >= 11 is 4.96. The van der Waals surface area contributed by atoms with Crippen molar-refractivity contribution >= 4 is 43.4 Å². The number of H-pyrrole nitrogens is 1. The number of anilines is 1. The molecule has 0 aromatic carbocycles. The molecule has 0 spiro atoms. The van der Waals surface area contributed by atoms with Crippen LogP contribution in [-0.4, -0.2) is 25.4 Å². The van der Waals surface area contributed by atoms with Gasteiger partial charge in [-0.25, -0.2) is 9.97 Å². The summed E-state index contributed by atoms with van der Waals surface area (Å²) < 4.78 is 1.85. The highest BCUT2D eigenvalue weighted by Crippen LogP contribution is 2.34. The number of aromatic nitrogens is 5. The summed E-state index contributed by atoms with van der Waals surface area (Å²) in [5.74, 6) is 0.226. The molecule has 0 saturated heterocycles. The highest BCUT2D eigenvalue weighted by molar-refractivity contribution is 9.10. The largest absolute Gasteiger partial charge is 0.368 e. The van der Waals surface area contributed by atoms with Gasteiger partial charge in [0.2, 0.25) is 5.95 Å². The second-order valence-corrected chi connectivity index (χ2v) is 4.78. The van der Waals surface area contributed by atoms with E-state index in [0.29, 0.717) is 11.4 Å². The molecule has 0 unspecified atom stereocenters. The lowest BCUT2D eigenvalue weighted by Gasteiger charge is -1.99. The zero-order chi connectivity index (χ0) is 11.1. The number of nitrogen functional groups attached to an aromatic ring is 1. The fourth-order valence-electron chi connectivity index (χ4n) is 1.40. The minimum Gasteiger partial charge on any atom is -0.368 e. The molecule has 0 aliphatic rings. The van der Waals surface area contributed by atoms with Crippen molar-refractivity contribution in [1.82, 2.24) is 25.4 Å². The van der Waals surface area contributed by atoms with Crippen molar-refractivity contribution in [1.29, 1.82) is 0 Å². The number of nitrogens with one attached hydrogen (secondary N) is 1. The van der Waals surface area contributed by atoms with E-state index in [2.05, 4.69) is 41.3 Å². The Bertz CT molecular complexity index is 646. The molecule has 0 radical (unpaired) electrons. The number of aromatic amines is 1. The normalized spacial score (nSPS) is 11.1. The second-order valence-electron chi connectivity index (χ2n) is 3.05. The zero-order valence-corrected chi connectivity index (χ0v) is 10.2. The smallest absolute Gasteiger partial charge is 0.221 e. The molecular formula is C8H5BrN6S. The van der Waals surface area contributed by atoms with Gasteiger partial charge in [0.1, 0.15) is 16.9 Å². The molecule has 3 rings (SSSR count). The van der Waals surface area contributed by atoms with E-state index in [1.165, 1.54) is 11.3 Å². The molecular weight excluding hydrogens is 292 g/mol. The van der Waals surface area contributed by atoms with Crippen molar-refractivity contribution < 1.29 is 0 Å². The average Bonchev–Trinajstić information content (AvgIpc) is 2.88. The van der Waals surface area contributed by atoms with Gasteiger partial charge in [0, 0.05) is 5.38 Å². The van der Waals surface area contributed by atoms with Crippen LogP contribution >= 0.6 is 27.3 Å². The van der Waals surface area contributed by atoms with Gasteiger partial charge in [0.15, 0.2) is 0 Å². The van der Waals surface area contributed by atoms with E-state index >= 15 is 0 Å². The van der Waals surface area contributed by atoms with Crippen LogP contribution in [0.5, 0.6) is 0 Å². The molecule has 3 N–H and O–H groups in total. The third-order valence-corrected chi connectivity index (χ3v) is 3.93. The van der Waals surface area contributed by atoms with Gasteiger partial charge in [0.25, 0.3) is 0 Å². The van der Waals surface area contributed by atoms with E-state index in [1.54, 1.807) is 6.20 Å². The van der Waals surface area contributed by atoms with Crippen molar-refractivity contribution in [3.63, 3.8) is 0 Å². The van der Waals surface area contributed by atoms with Crippen LogP contribution < -0.4 is 5.73 Å². The molecule has 3 aromatic heterocycles. The van der Waals surface area contributed by atoms with Gasteiger partial charge in [-0.15, -0.1) is 16.4 Å². The summed E-state index contributed by atoms with van der Waals surface area (Å²) in [7, 11) is 0. The Balaban J connectivity index is 2.39. The minimum absolute atomic E-state index is 0.226. The predicted octanol–water partition coefficient (Wildman–Crippen LogP) is 1.82. The lowest BCUT2D eigenvalue weighted by molar-refractivity contribution is 0.941. The topological polar surface area (TPSA) is 93.4 Å². The van der Waals surface area contributed by atoms with Crippen molar-refractivity contribution in [2.75, 3.05) is 5.73 Å². The van der Waals surface area contributed by atoms with Gasteiger partial charge >= 0.3 is 0 Å². The maximum atomic E-state index is 5.66. The summed E-state index contributed by atoms with van der Waals surface area (Å²) in [4.78, 5) is 8.37. The van der Waals surface area contributed by atoms with Crippen LogP contribution in [0.25, 0.3) is 21.6 Å². The van der Waals surface area contributed by atoms with Gasteiger partial charge in [0.05, 0.1) is 15.4 Å². The first-order chi connectivity index (χ1) is 7.75. The summed E-state index contributed by atoms with van der Waals surface area (Å²) in [6.45, 7) is 0. The fraction of sp³-hybridized carbons (Fsp3) is 0. The Labute approximate surface area is 102 Å². The molecule has 0 fully saturated rings. The Morgan fingerprint density at radius 2 is 2.25 bits per heavy atom. The maximum Gasteiger partial charge on any atom is 0.221 e. The predicted molar refractivity (Wildman–Crippen MR) is 64.9 cm³/mol. The van der Waals surface area contributed by atoms with E-state index in [9.17, 15) is 0 Å². The molecule has 3 heterocycles. The molecule has 80 valence electrons. The van der Waals surface area contributed by atoms with E-state index in [-0.39, 0.29) is 5.95 Å². The Morgan fingerprint density at radius 3 is 3.00 bits per heavy atom. The number of rotatable bonds is 1. The highest BCUT2D eigenvalue weighted by Gasteiger charge is 2.14. The molecule has 16 heavy (non-hydrogen) atoms. The summed E-state index contributed by atoms with van der Waals surface area (Å²) in [5, 5.41) is 12.2. The summed E-state index contributed by atoms with van der Waals surface area (Å²) in [5.41, 5.74) is 7.82. The average molecular weight is 297 g/mol. The molecule has 0 amide bonds. The minimum atomic E-state index is 0.226. The monoisotopic (exact) mass is 296 g/mol. The number of hydrogen-bond acceptors (Lipinski definition) is 6. The van der Waals surface area contributed by atoms with Crippen LogP contribution in [0.2, 0.25) is 0 Å². The molecule has 0 atom stereocenters. The third kappa shape index (κ3) is 1.38. The number of thiophene rings is 1. The van der Waals surface area contributed by atoms with Crippen LogP contribution in [0.1, 0.15) is 0 Å². The highest BCUT2D eigenvalue weighted by atomic mass is 79.9. The van der Waals surface area contributed by atoms with Crippen LogP contribution in [0, 0.1) is 0 Å². The lowest BCUT2D eigenvalue weighted by atomic mass is 10.3. The first-order valence-corrected chi connectivity index (χ1v) is 6.00. The molecule has 0 aliphatic carbocycles. The molecule has 0 saturated carbocycles. The quantitative estimate of drug-likeness (QED) is 0.714. The van der Waals surface area contributed by atoms with Gasteiger partial charge in [-0.1, -0.05) is 5.21 Å². The molecule has 0 aliphatic heterocycles. The van der Waals surface area contributed by atoms with Crippen molar-refractivity contribution in [3.8, 4) is 11.4 Å². The number of nitrogens with two attached hydrogens (primary N) is 1. The maximum absolute atomic E-state index is 5.66. The SMILES string of the molecule is Nc1nc(-c2c[nH]nn2)c2scc(Br)c2n1. The van der Waals surface area contributed by atoms with Gasteiger partial charge in [-0.05, 0) is 15.9 Å². The molecule has 8 heteroatoms. The number of fused-ring (bicyclic) bond motifs is 1. The van der Waals surface area contributed by atoms with E-state index in [4.69, 9.17) is 5.73 Å². The van der Waals surface area contributed by atoms with Crippen LogP contribution in [-0.2, 0) is 0 Å². The van der Waals surface area contributed by atoms with E-state index in [0.717, 1.165) is 14.7 Å². The van der Waals surface area contributed by atoms with Crippen molar-refractivity contribution in [2.45, 2.75) is 0 Å². The van der Waals surface area contributed by atoms with Crippen molar-refractivity contribution in [2.24, 2.45) is 0 Å². The fourth-order valence-corrected chi connectivity index (χ4v) is 2.96. The van der Waals surface area contributed by atoms with Crippen molar-refractivity contribution in [3.05, 3.63) is 16.0 Å². The lowest BCUT2D eigenvalue weighted by Crippen LogP contribution is -1.96. The molecule has 6 nitrogen and oxygen atoms in total. The second kappa shape index (κ2) is 3.49. The summed E-state index contributed by atoms with van der Waals surface area (Å²) in [6, 6.07) is 0. The Morgan fingerprint density at radius 1 is 1.38 bits per heavy atom. The van der Waals surface area contributed by atoms with Crippen LogP contribution in [0.15, 0.2) is 16.0 Å². The van der Waals surface area contributed by atoms with Gasteiger partial charge in [-0.2, -0.15) is 0 Å². The first-order valence-electron chi connectivity index (χ1n) is 4.33. The zero-order valence-electron chi connectivity index (χ0n) is 7.81. The van der Waals surface area contributed by atoms with Crippen LogP contribution in [0.4, 0.5) is 5.95 Å². The Hall–Kier alpha value is -1.54. The van der Waals surface area contributed by atoms with E-state index in [1.807, 2.05) is 5.38 Å². The van der Waals surface area contributed by atoms with Gasteiger partial charge in [-0.3, -0.25) is 5.10 Å². The number of nitrogens with zero attached hydrogens (tertiary/aromatic N) is 4. The molecule has 3 aromatic rings. The van der Waals surface area contributed by atoms with Gasteiger partial charge < -0.3 is 5.73 Å². The summed E-state index contributed by atoms with van der Waals surface area (Å²) in [6.07, 6.45) is 1.68. The first kappa shape index (κ1) is 9.67. The van der Waals surface area contributed by atoms with Crippen LogP contribution in [0.3, 0.4) is 0 Å². The number of hydrogen-bond donors (Lipinski definition) is 2. The third-order valence-electron chi connectivity index (χ3n) is 2.05. The molecule has 0 bridgehead atoms. The Kier molecular flexibility index (Phi) is 2.11. The number of halogens is 1. The van der Waals surface area contributed by atoms with E-state index < -0.39 is 0 Å².